The molecule has 1 unspecified atom stereocenters. The number of hydrogen-bond donors (Lipinski definition) is 1. The molecular weight excluding hydrogens is 252 g/mol. The third-order valence-corrected chi connectivity index (χ3v) is 3.53. The molecule has 2 aromatic rings. The van der Waals surface area contributed by atoms with E-state index in [1.165, 1.54) is 11.1 Å². The van der Waals surface area contributed by atoms with Crippen molar-refractivity contribution in [3.05, 3.63) is 53.7 Å². The lowest BCUT2D eigenvalue weighted by atomic mass is 9.97. The van der Waals surface area contributed by atoms with E-state index in [4.69, 9.17) is 9.47 Å². The van der Waals surface area contributed by atoms with Gasteiger partial charge in [-0.1, -0.05) is 24.3 Å². The standard InChI is InChI=1S/C16H18N2O2/c1-19-16-7-6-13(10-18-16)17-11-15-14-5-3-2-4-12(14)8-9-20-15/h2-7,10,15,17H,8-9,11H2,1H3. The lowest BCUT2D eigenvalue weighted by Gasteiger charge is -2.26. The number of nitrogens with zero attached hydrogens (tertiary/aromatic N) is 1. The van der Waals surface area contributed by atoms with Crippen LogP contribution in [0.4, 0.5) is 5.69 Å². The van der Waals surface area contributed by atoms with Crippen molar-refractivity contribution in [2.24, 2.45) is 0 Å². The summed E-state index contributed by atoms with van der Waals surface area (Å²) in [4.78, 5) is 4.18. The molecule has 2 heterocycles. The lowest BCUT2D eigenvalue weighted by Crippen LogP contribution is -2.22. The van der Waals surface area contributed by atoms with Gasteiger partial charge in [0.15, 0.2) is 0 Å². The Balaban J connectivity index is 1.66. The van der Waals surface area contributed by atoms with E-state index in [1.807, 2.05) is 12.1 Å². The summed E-state index contributed by atoms with van der Waals surface area (Å²) in [6, 6.07) is 12.3. The molecule has 0 radical (unpaired) electrons. The number of pyridine rings is 1. The Labute approximate surface area is 118 Å². The van der Waals surface area contributed by atoms with Gasteiger partial charge in [0, 0.05) is 12.6 Å². The van der Waals surface area contributed by atoms with Crippen molar-refractivity contribution in [1.82, 2.24) is 4.98 Å². The zero-order chi connectivity index (χ0) is 13.8. The molecular formula is C16H18N2O2. The van der Waals surface area contributed by atoms with Gasteiger partial charge in [-0.3, -0.25) is 0 Å². The third-order valence-electron chi connectivity index (χ3n) is 3.53. The van der Waals surface area contributed by atoms with E-state index in [0.717, 1.165) is 25.3 Å². The smallest absolute Gasteiger partial charge is 0.213 e. The summed E-state index contributed by atoms with van der Waals surface area (Å²) >= 11 is 0. The van der Waals surface area contributed by atoms with E-state index in [0.29, 0.717) is 5.88 Å². The molecule has 3 rings (SSSR count). The predicted molar refractivity (Wildman–Crippen MR) is 78.1 cm³/mol. The number of anilines is 1. The van der Waals surface area contributed by atoms with Crippen LogP contribution < -0.4 is 10.1 Å². The minimum Gasteiger partial charge on any atom is -0.481 e. The number of ether oxygens (including phenoxy) is 2. The molecule has 0 spiro atoms. The number of aromatic nitrogens is 1. The maximum atomic E-state index is 5.86. The van der Waals surface area contributed by atoms with Gasteiger partial charge in [-0.25, -0.2) is 4.98 Å². The largest absolute Gasteiger partial charge is 0.481 e. The van der Waals surface area contributed by atoms with Crippen molar-refractivity contribution >= 4 is 5.69 Å². The van der Waals surface area contributed by atoms with Crippen LogP contribution >= 0.6 is 0 Å². The van der Waals surface area contributed by atoms with Gasteiger partial charge < -0.3 is 14.8 Å². The molecule has 0 fully saturated rings. The SMILES string of the molecule is COc1ccc(NCC2OCCc3ccccc32)cn1. The third kappa shape index (κ3) is 2.75. The molecule has 0 aliphatic carbocycles. The fourth-order valence-corrected chi connectivity index (χ4v) is 2.46. The molecule has 1 atom stereocenters. The molecule has 4 nitrogen and oxygen atoms in total. The van der Waals surface area contributed by atoms with Gasteiger partial charge >= 0.3 is 0 Å². The number of hydrogen-bond acceptors (Lipinski definition) is 4. The molecule has 1 aliphatic rings. The van der Waals surface area contributed by atoms with E-state index in [-0.39, 0.29) is 6.10 Å². The summed E-state index contributed by atoms with van der Waals surface area (Å²) in [5, 5.41) is 3.36. The zero-order valence-electron chi connectivity index (χ0n) is 11.5. The van der Waals surface area contributed by atoms with Crippen LogP contribution in [-0.4, -0.2) is 25.2 Å². The van der Waals surface area contributed by atoms with Crippen LogP contribution in [0.3, 0.4) is 0 Å². The first-order valence-electron chi connectivity index (χ1n) is 6.80. The summed E-state index contributed by atoms with van der Waals surface area (Å²) in [5.74, 6) is 0.620. The van der Waals surface area contributed by atoms with Crippen LogP contribution in [-0.2, 0) is 11.2 Å². The number of nitrogens with one attached hydrogen (secondary N) is 1. The van der Waals surface area contributed by atoms with Gasteiger partial charge in [-0.05, 0) is 23.6 Å². The summed E-state index contributed by atoms with van der Waals surface area (Å²) < 4.78 is 10.9. The van der Waals surface area contributed by atoms with E-state index >= 15 is 0 Å². The minimum atomic E-state index is 0.0991. The van der Waals surface area contributed by atoms with Gasteiger partial charge in [0.25, 0.3) is 0 Å². The second kappa shape index (κ2) is 5.92. The summed E-state index contributed by atoms with van der Waals surface area (Å²) in [5.41, 5.74) is 3.64. The summed E-state index contributed by atoms with van der Waals surface area (Å²) in [6.07, 6.45) is 2.87. The van der Waals surface area contributed by atoms with Gasteiger partial charge in [0.2, 0.25) is 5.88 Å². The quantitative estimate of drug-likeness (QED) is 0.927. The fourth-order valence-electron chi connectivity index (χ4n) is 2.46. The molecule has 1 N–H and O–H groups in total. The Morgan fingerprint density at radius 3 is 3.00 bits per heavy atom. The molecule has 1 aromatic heterocycles. The van der Waals surface area contributed by atoms with Crippen LogP contribution in [0.25, 0.3) is 0 Å². The molecule has 104 valence electrons. The maximum absolute atomic E-state index is 5.86. The lowest BCUT2D eigenvalue weighted by molar-refractivity contribution is 0.0513. The molecule has 20 heavy (non-hydrogen) atoms. The number of fused-ring (bicyclic) bond motifs is 1. The zero-order valence-corrected chi connectivity index (χ0v) is 11.5. The van der Waals surface area contributed by atoms with E-state index in [2.05, 4.69) is 34.6 Å². The fraction of sp³-hybridized carbons (Fsp3) is 0.312. The van der Waals surface area contributed by atoms with E-state index in [9.17, 15) is 0 Å². The first-order chi connectivity index (χ1) is 9.86. The average molecular weight is 270 g/mol. The minimum absolute atomic E-state index is 0.0991. The van der Waals surface area contributed by atoms with Crippen LogP contribution in [0.15, 0.2) is 42.6 Å². The predicted octanol–water partition coefficient (Wildman–Crippen LogP) is 2.82. The second-order valence-electron chi connectivity index (χ2n) is 4.78. The molecule has 1 aliphatic heterocycles. The summed E-state index contributed by atoms with van der Waals surface area (Å²) in [7, 11) is 1.61. The highest BCUT2D eigenvalue weighted by Gasteiger charge is 2.19. The normalized spacial score (nSPS) is 17.4. The monoisotopic (exact) mass is 270 g/mol. The number of rotatable bonds is 4. The van der Waals surface area contributed by atoms with E-state index < -0.39 is 0 Å². The first kappa shape index (κ1) is 12.9. The molecule has 4 heteroatoms. The Morgan fingerprint density at radius 1 is 1.30 bits per heavy atom. The Kier molecular flexibility index (Phi) is 3.83. The average Bonchev–Trinajstić information content (AvgIpc) is 2.53. The molecule has 0 bridgehead atoms. The molecule has 1 aromatic carbocycles. The topological polar surface area (TPSA) is 43.4 Å². The highest BCUT2D eigenvalue weighted by molar-refractivity contribution is 5.43. The molecule has 0 amide bonds. The Morgan fingerprint density at radius 2 is 2.20 bits per heavy atom. The maximum Gasteiger partial charge on any atom is 0.213 e. The van der Waals surface area contributed by atoms with Crippen molar-refractivity contribution in [2.75, 3.05) is 25.6 Å². The summed E-state index contributed by atoms with van der Waals surface area (Å²) in [6.45, 7) is 1.52. The Bertz CT molecular complexity index is 569. The van der Waals surface area contributed by atoms with Gasteiger partial charge in [-0.2, -0.15) is 0 Å². The highest BCUT2D eigenvalue weighted by Crippen LogP contribution is 2.27. The van der Waals surface area contributed by atoms with Crippen molar-refractivity contribution in [3.63, 3.8) is 0 Å². The van der Waals surface area contributed by atoms with Crippen molar-refractivity contribution in [2.45, 2.75) is 12.5 Å². The van der Waals surface area contributed by atoms with Crippen LogP contribution in [0.2, 0.25) is 0 Å². The Hall–Kier alpha value is -2.07. The van der Waals surface area contributed by atoms with Gasteiger partial charge in [0.05, 0.1) is 31.7 Å². The van der Waals surface area contributed by atoms with Crippen molar-refractivity contribution in [3.8, 4) is 5.88 Å². The van der Waals surface area contributed by atoms with Gasteiger partial charge in [0.1, 0.15) is 0 Å². The molecule has 0 saturated carbocycles. The highest BCUT2D eigenvalue weighted by atomic mass is 16.5. The van der Waals surface area contributed by atoms with Crippen LogP contribution in [0.1, 0.15) is 17.2 Å². The van der Waals surface area contributed by atoms with E-state index in [1.54, 1.807) is 13.3 Å². The van der Waals surface area contributed by atoms with Crippen molar-refractivity contribution in [1.29, 1.82) is 0 Å². The molecule has 0 saturated heterocycles. The van der Waals surface area contributed by atoms with Crippen LogP contribution in [0, 0.1) is 0 Å². The number of benzene rings is 1. The number of methoxy groups -OCH3 is 1. The van der Waals surface area contributed by atoms with Crippen LogP contribution in [0.5, 0.6) is 5.88 Å². The van der Waals surface area contributed by atoms with Gasteiger partial charge in [-0.15, -0.1) is 0 Å². The van der Waals surface area contributed by atoms with Crippen molar-refractivity contribution < 1.29 is 9.47 Å². The first-order valence-corrected chi connectivity index (χ1v) is 6.80. The second-order valence-corrected chi connectivity index (χ2v) is 4.78.